The zero-order valence-corrected chi connectivity index (χ0v) is 27.3. The molecule has 0 atom stereocenters. The van der Waals surface area contributed by atoms with Crippen LogP contribution in [0.2, 0.25) is 0 Å². The highest BCUT2D eigenvalue weighted by Crippen LogP contribution is 2.40. The SMILES string of the molecule is COC(=O)COc1c2cccc1Cc1cc(-c3cccc(N)c3)cc(c1O)Cc1cccc(c1OCC(=O)OC)Cc1cccc(c1O)C2. The van der Waals surface area contributed by atoms with Gasteiger partial charge >= 0.3 is 11.9 Å². The molecule has 0 amide bonds. The maximum absolute atomic E-state index is 12.2. The van der Waals surface area contributed by atoms with Gasteiger partial charge in [-0.25, -0.2) is 9.59 Å². The number of esters is 2. The Kier molecular flexibility index (Phi) is 9.71. The van der Waals surface area contributed by atoms with Gasteiger partial charge in [0.05, 0.1) is 14.2 Å². The van der Waals surface area contributed by atoms with Gasteiger partial charge in [-0.1, -0.05) is 66.7 Å². The van der Waals surface area contributed by atoms with Crippen LogP contribution in [-0.2, 0) is 44.7 Å². The molecule has 0 radical (unpaired) electrons. The number of methoxy groups -OCH3 is 2. The van der Waals surface area contributed by atoms with Crippen LogP contribution in [0.1, 0.15) is 44.5 Å². The van der Waals surface area contributed by atoms with Crippen LogP contribution in [0.4, 0.5) is 5.69 Å². The number of phenols is 2. The van der Waals surface area contributed by atoms with Crippen molar-refractivity contribution >= 4 is 17.6 Å². The standard InChI is InChI=1S/C40H37NO8/c1-46-35(42)22-48-39-27-10-4-12-29(39)17-32-19-31(24-7-6-14-34(41)21-24)20-33(38(32)45)18-30-13-5-11-28(40(30)49-23-36(43)47-2)16-26-9-3-8-25(15-27)37(26)44/h3-14,19-21,44-45H,15-18,22-23,41H2,1-2H3. The second kappa shape index (κ2) is 14.4. The molecule has 0 unspecified atom stereocenters. The van der Waals surface area contributed by atoms with E-state index in [1.54, 1.807) is 0 Å². The molecule has 250 valence electrons. The second-order valence-electron chi connectivity index (χ2n) is 11.9. The summed E-state index contributed by atoms with van der Waals surface area (Å²) >= 11 is 0. The van der Waals surface area contributed by atoms with E-state index in [0.29, 0.717) is 52.3 Å². The minimum atomic E-state index is -0.534. The highest BCUT2D eigenvalue weighted by atomic mass is 16.6. The van der Waals surface area contributed by atoms with E-state index in [4.69, 9.17) is 24.7 Å². The third-order valence-electron chi connectivity index (χ3n) is 8.69. The van der Waals surface area contributed by atoms with Crippen LogP contribution < -0.4 is 15.2 Å². The second-order valence-corrected chi connectivity index (χ2v) is 11.9. The molecule has 0 heterocycles. The average molecular weight is 660 g/mol. The van der Waals surface area contributed by atoms with Gasteiger partial charge in [0.2, 0.25) is 0 Å². The topological polar surface area (TPSA) is 138 Å². The van der Waals surface area contributed by atoms with Crippen molar-refractivity contribution in [2.75, 3.05) is 33.2 Å². The Labute approximate surface area is 284 Å². The summed E-state index contributed by atoms with van der Waals surface area (Å²) in [5.41, 5.74) is 14.0. The number of aromatic hydroxyl groups is 2. The molecule has 0 spiro atoms. The smallest absolute Gasteiger partial charge is 0.343 e. The third-order valence-corrected chi connectivity index (χ3v) is 8.69. The summed E-state index contributed by atoms with van der Waals surface area (Å²) in [4.78, 5) is 24.4. The van der Waals surface area contributed by atoms with E-state index in [2.05, 4.69) is 0 Å². The highest BCUT2D eigenvalue weighted by molar-refractivity contribution is 5.73. The van der Waals surface area contributed by atoms with Crippen molar-refractivity contribution in [3.63, 3.8) is 0 Å². The fourth-order valence-electron chi connectivity index (χ4n) is 6.25. The number of nitrogen functional groups attached to an aromatic ring is 1. The molecule has 9 heteroatoms. The van der Waals surface area contributed by atoms with Crippen molar-refractivity contribution in [2.24, 2.45) is 0 Å². The molecular formula is C40H37NO8. The van der Waals surface area contributed by atoms with Crippen LogP contribution in [0.5, 0.6) is 23.0 Å². The Balaban J connectivity index is 1.58. The largest absolute Gasteiger partial charge is 0.507 e. The molecule has 5 aromatic rings. The molecule has 0 aliphatic heterocycles. The molecule has 5 aromatic carbocycles. The maximum Gasteiger partial charge on any atom is 0.343 e. The number of anilines is 1. The number of hydrogen-bond acceptors (Lipinski definition) is 9. The molecule has 0 aromatic heterocycles. The van der Waals surface area contributed by atoms with Crippen LogP contribution in [-0.4, -0.2) is 49.6 Å². The maximum atomic E-state index is 12.2. The molecule has 1 aliphatic rings. The van der Waals surface area contributed by atoms with Gasteiger partial charge < -0.3 is 34.9 Å². The Morgan fingerprint density at radius 3 is 1.37 bits per heavy atom. The number of benzene rings is 5. The molecule has 8 bridgehead atoms. The number of fused-ring (bicyclic) bond motifs is 8. The lowest BCUT2D eigenvalue weighted by molar-refractivity contribution is -0.143. The lowest BCUT2D eigenvalue weighted by Crippen LogP contribution is -2.15. The minimum Gasteiger partial charge on any atom is -0.507 e. The number of rotatable bonds is 7. The molecule has 0 saturated heterocycles. The van der Waals surface area contributed by atoms with E-state index < -0.39 is 11.9 Å². The number of phenolic OH excluding ortho intramolecular Hbond substituents is 2. The number of carbonyl (C=O) groups excluding carboxylic acids is 2. The van der Waals surface area contributed by atoms with E-state index in [-0.39, 0.29) is 37.6 Å². The van der Waals surface area contributed by atoms with E-state index in [9.17, 15) is 19.8 Å². The van der Waals surface area contributed by atoms with Gasteiger partial charge in [-0.3, -0.25) is 0 Å². The monoisotopic (exact) mass is 659 g/mol. The Hall–Kier alpha value is -5.96. The summed E-state index contributed by atoms with van der Waals surface area (Å²) in [7, 11) is 2.60. The highest BCUT2D eigenvalue weighted by Gasteiger charge is 2.22. The van der Waals surface area contributed by atoms with Crippen molar-refractivity contribution in [2.45, 2.75) is 25.7 Å². The summed E-state index contributed by atoms with van der Waals surface area (Å²) < 4.78 is 21.9. The van der Waals surface area contributed by atoms with Crippen LogP contribution in [0.15, 0.2) is 91.0 Å². The van der Waals surface area contributed by atoms with Crippen molar-refractivity contribution in [1.82, 2.24) is 0 Å². The first-order valence-corrected chi connectivity index (χ1v) is 15.8. The molecule has 49 heavy (non-hydrogen) atoms. The van der Waals surface area contributed by atoms with Gasteiger partial charge in [0.15, 0.2) is 13.2 Å². The normalized spacial score (nSPS) is 12.1. The van der Waals surface area contributed by atoms with Crippen molar-refractivity contribution in [3.05, 3.63) is 136 Å². The van der Waals surface area contributed by atoms with Gasteiger partial charge in [-0.05, 0) is 79.9 Å². The molecule has 9 nitrogen and oxygen atoms in total. The average Bonchev–Trinajstić information content (AvgIpc) is 3.10. The van der Waals surface area contributed by atoms with Crippen LogP contribution >= 0.6 is 0 Å². The number of nitrogens with two attached hydrogens (primary N) is 1. The van der Waals surface area contributed by atoms with E-state index in [0.717, 1.165) is 33.4 Å². The summed E-state index contributed by atoms with van der Waals surface area (Å²) in [6.45, 7) is -0.619. The first kappa shape index (κ1) is 33.0. The van der Waals surface area contributed by atoms with Gasteiger partial charge in [0.25, 0.3) is 0 Å². The predicted octanol–water partition coefficient (Wildman–Crippen LogP) is 6.13. The Morgan fingerprint density at radius 1 is 0.551 bits per heavy atom. The zero-order valence-electron chi connectivity index (χ0n) is 27.3. The first-order valence-electron chi connectivity index (χ1n) is 15.8. The summed E-state index contributed by atoms with van der Waals surface area (Å²) in [5.74, 6) is 0.0996. The molecule has 0 fully saturated rings. The predicted molar refractivity (Wildman–Crippen MR) is 185 cm³/mol. The van der Waals surface area contributed by atoms with Crippen LogP contribution in [0, 0.1) is 0 Å². The van der Waals surface area contributed by atoms with Crippen molar-refractivity contribution < 1.29 is 38.7 Å². The fourth-order valence-corrected chi connectivity index (χ4v) is 6.25. The number of hydrogen-bond donors (Lipinski definition) is 3. The third kappa shape index (κ3) is 7.31. The molecule has 0 saturated carbocycles. The number of para-hydroxylation sites is 3. The van der Waals surface area contributed by atoms with Crippen LogP contribution in [0.3, 0.4) is 0 Å². The van der Waals surface area contributed by atoms with E-state index in [1.165, 1.54) is 14.2 Å². The number of ether oxygens (including phenoxy) is 4. The van der Waals surface area contributed by atoms with Crippen molar-refractivity contribution in [1.29, 1.82) is 0 Å². The molecule has 6 rings (SSSR count). The number of carbonyl (C=O) groups is 2. The fraction of sp³-hybridized carbons (Fsp3) is 0.200. The molecule has 1 aliphatic carbocycles. The molecular weight excluding hydrogens is 622 g/mol. The Morgan fingerprint density at radius 2 is 0.939 bits per heavy atom. The lowest BCUT2D eigenvalue weighted by atomic mass is 9.89. The van der Waals surface area contributed by atoms with E-state index >= 15 is 0 Å². The summed E-state index contributed by atoms with van der Waals surface area (Å²) in [5, 5.41) is 23.4. The quantitative estimate of drug-likeness (QED) is 0.137. The van der Waals surface area contributed by atoms with Gasteiger partial charge in [-0.15, -0.1) is 0 Å². The summed E-state index contributed by atoms with van der Waals surface area (Å²) in [6, 6.07) is 28.3. The van der Waals surface area contributed by atoms with Gasteiger partial charge in [0, 0.05) is 31.4 Å². The van der Waals surface area contributed by atoms with E-state index in [1.807, 2.05) is 91.0 Å². The summed E-state index contributed by atoms with van der Waals surface area (Å²) in [6.07, 6.45) is 1.13. The lowest BCUT2D eigenvalue weighted by Gasteiger charge is -2.21. The minimum absolute atomic E-state index is 0.0938. The van der Waals surface area contributed by atoms with Gasteiger partial charge in [-0.2, -0.15) is 0 Å². The first-order chi connectivity index (χ1) is 23.7. The molecule has 4 N–H and O–H groups in total. The van der Waals surface area contributed by atoms with Crippen LogP contribution in [0.25, 0.3) is 11.1 Å². The van der Waals surface area contributed by atoms with Gasteiger partial charge in [0.1, 0.15) is 23.0 Å². The zero-order chi connectivity index (χ0) is 34.5. The Bertz CT molecular complexity index is 1920. The van der Waals surface area contributed by atoms with Crippen molar-refractivity contribution in [3.8, 4) is 34.1 Å².